The topological polar surface area (TPSA) is 135 Å². The van der Waals surface area contributed by atoms with Gasteiger partial charge in [0.15, 0.2) is 0 Å². The molecule has 4 rings (SSSR count). The number of hydrogen-bond donors (Lipinski definition) is 3. The lowest BCUT2D eigenvalue weighted by atomic mass is 9.84. The van der Waals surface area contributed by atoms with Crippen LogP contribution in [0.25, 0.3) is 0 Å². The lowest BCUT2D eigenvalue weighted by molar-refractivity contribution is -0.150. The van der Waals surface area contributed by atoms with E-state index in [0.717, 1.165) is 11.1 Å². The van der Waals surface area contributed by atoms with Crippen LogP contribution in [0.4, 0.5) is 5.69 Å². The lowest BCUT2D eigenvalue weighted by Crippen LogP contribution is -2.58. The molecule has 0 bridgehead atoms. The number of nitrogens with zero attached hydrogens (tertiary/aromatic N) is 2. The number of carboxylic acid groups (broad SMARTS) is 1. The Bertz CT molecular complexity index is 1220. The highest BCUT2D eigenvalue weighted by Crippen LogP contribution is 2.51. The predicted octanol–water partition coefficient (Wildman–Crippen LogP) is 3.62. The van der Waals surface area contributed by atoms with Gasteiger partial charge < -0.3 is 19.8 Å². The maximum absolute atomic E-state index is 14.4. The van der Waals surface area contributed by atoms with E-state index in [4.69, 9.17) is 0 Å². The number of anilines is 1. The Hall–Kier alpha value is -3.00. The zero-order chi connectivity index (χ0) is 27.5. The zero-order valence-electron chi connectivity index (χ0n) is 21.5. The largest absolute Gasteiger partial charge is 0.480 e. The van der Waals surface area contributed by atoms with Gasteiger partial charge in [-0.05, 0) is 56.2 Å². The van der Waals surface area contributed by atoms with Gasteiger partial charge in [-0.2, -0.15) is 0 Å². The molecule has 10 heteroatoms. The van der Waals surface area contributed by atoms with Gasteiger partial charge in [0.1, 0.15) is 12.6 Å². The molecule has 38 heavy (non-hydrogen) atoms. The second-order valence-electron chi connectivity index (χ2n) is 10.6. The van der Waals surface area contributed by atoms with Crippen molar-refractivity contribution in [2.75, 3.05) is 17.6 Å². The summed E-state index contributed by atoms with van der Waals surface area (Å²) in [6.07, 6.45) is 2.63. The van der Waals surface area contributed by atoms with Gasteiger partial charge in [-0.1, -0.05) is 61.4 Å². The van der Waals surface area contributed by atoms with Crippen molar-refractivity contribution >= 4 is 31.1 Å². The third-order valence-electron chi connectivity index (χ3n) is 7.76. The van der Waals surface area contributed by atoms with Crippen LogP contribution in [0.2, 0.25) is 0 Å². The highest BCUT2D eigenvalue weighted by molar-refractivity contribution is 7.51. The van der Waals surface area contributed by atoms with Gasteiger partial charge in [0.2, 0.25) is 11.8 Å². The van der Waals surface area contributed by atoms with E-state index in [1.807, 2.05) is 49.4 Å². The minimum atomic E-state index is -4.53. The van der Waals surface area contributed by atoms with Crippen molar-refractivity contribution in [3.8, 4) is 0 Å². The quantitative estimate of drug-likeness (QED) is 0.412. The standard InChI is InChI=1S/C28H35N2O7P/c1-20(17-21-9-3-2-4-10-21)30(27(34)28(15-7-8-16-28)19-38(35,36)37)24-14-13-22-11-5-6-12-23(22)29(26(24)33)18-25(31)32/h2-6,9-12,20,24H,7-8,13-19H2,1H3,(H,31,32)(H2,35,36,37)/t20?,24-/m0/s1. The smallest absolute Gasteiger partial charge is 0.326 e. The first-order valence-electron chi connectivity index (χ1n) is 13.0. The third-order valence-corrected chi connectivity index (χ3v) is 8.77. The fourth-order valence-electron chi connectivity index (χ4n) is 6.12. The molecule has 204 valence electrons. The van der Waals surface area contributed by atoms with Crippen molar-refractivity contribution in [3.05, 3.63) is 65.7 Å². The van der Waals surface area contributed by atoms with Gasteiger partial charge in [0.25, 0.3) is 0 Å². The first kappa shape index (κ1) is 28.0. The molecule has 0 saturated heterocycles. The number of aryl methyl sites for hydroxylation is 1. The Labute approximate surface area is 222 Å². The number of aliphatic carboxylic acids is 1. The highest BCUT2D eigenvalue weighted by Gasteiger charge is 2.51. The molecule has 2 atom stereocenters. The molecule has 2 amide bonds. The Kier molecular flexibility index (Phi) is 8.40. The maximum Gasteiger partial charge on any atom is 0.326 e. The number of benzene rings is 2. The maximum atomic E-state index is 14.4. The molecule has 1 saturated carbocycles. The number of carbonyl (C=O) groups is 3. The van der Waals surface area contributed by atoms with Crippen LogP contribution in [0.1, 0.15) is 50.2 Å². The van der Waals surface area contributed by atoms with Crippen LogP contribution in [0.5, 0.6) is 0 Å². The van der Waals surface area contributed by atoms with Crippen molar-refractivity contribution < 1.29 is 33.8 Å². The summed E-state index contributed by atoms with van der Waals surface area (Å²) in [6.45, 7) is 1.30. The van der Waals surface area contributed by atoms with E-state index in [1.165, 1.54) is 9.80 Å². The highest BCUT2D eigenvalue weighted by atomic mass is 31.2. The minimum absolute atomic E-state index is 0.281. The van der Waals surface area contributed by atoms with Gasteiger partial charge in [-0.15, -0.1) is 0 Å². The van der Waals surface area contributed by atoms with Crippen LogP contribution in [0.15, 0.2) is 54.6 Å². The van der Waals surface area contributed by atoms with Crippen molar-refractivity contribution in [1.82, 2.24) is 4.90 Å². The average Bonchev–Trinajstić information content (AvgIpc) is 3.28. The van der Waals surface area contributed by atoms with Gasteiger partial charge in [0, 0.05) is 11.7 Å². The van der Waals surface area contributed by atoms with E-state index in [9.17, 15) is 33.8 Å². The van der Waals surface area contributed by atoms with E-state index < -0.39 is 55.6 Å². The number of para-hydroxylation sites is 1. The van der Waals surface area contributed by atoms with Crippen molar-refractivity contribution in [1.29, 1.82) is 0 Å². The molecule has 0 radical (unpaired) electrons. The number of carboxylic acids is 1. The summed E-state index contributed by atoms with van der Waals surface area (Å²) in [6, 6.07) is 15.2. The number of hydrogen-bond acceptors (Lipinski definition) is 4. The average molecular weight is 543 g/mol. The zero-order valence-corrected chi connectivity index (χ0v) is 22.4. The van der Waals surface area contributed by atoms with Crippen LogP contribution < -0.4 is 4.90 Å². The van der Waals surface area contributed by atoms with Crippen LogP contribution in [-0.4, -0.2) is 62.4 Å². The number of rotatable bonds is 9. The summed E-state index contributed by atoms with van der Waals surface area (Å²) >= 11 is 0. The summed E-state index contributed by atoms with van der Waals surface area (Å²) in [4.78, 5) is 62.9. The lowest BCUT2D eigenvalue weighted by Gasteiger charge is -2.42. The molecule has 0 aromatic heterocycles. The van der Waals surface area contributed by atoms with Crippen molar-refractivity contribution in [2.24, 2.45) is 5.41 Å². The number of carbonyl (C=O) groups excluding carboxylic acids is 2. The molecule has 2 aromatic rings. The number of amides is 2. The molecular formula is C28H35N2O7P. The Morgan fingerprint density at radius 1 is 1.08 bits per heavy atom. The summed E-state index contributed by atoms with van der Waals surface area (Å²) in [7, 11) is -4.53. The molecule has 1 fully saturated rings. The minimum Gasteiger partial charge on any atom is -0.480 e. The second kappa shape index (κ2) is 11.4. The molecule has 1 aliphatic carbocycles. The molecule has 3 N–H and O–H groups in total. The van der Waals surface area contributed by atoms with E-state index in [0.29, 0.717) is 44.2 Å². The van der Waals surface area contributed by atoms with Gasteiger partial charge in [-0.3, -0.25) is 23.8 Å². The molecule has 9 nitrogen and oxygen atoms in total. The second-order valence-corrected chi connectivity index (χ2v) is 12.2. The molecule has 2 aromatic carbocycles. The Balaban J connectivity index is 1.78. The van der Waals surface area contributed by atoms with E-state index in [1.54, 1.807) is 12.1 Å². The van der Waals surface area contributed by atoms with Crippen LogP contribution in [0.3, 0.4) is 0 Å². The Morgan fingerprint density at radius 3 is 2.34 bits per heavy atom. The van der Waals surface area contributed by atoms with E-state index in [2.05, 4.69) is 0 Å². The molecular weight excluding hydrogens is 507 g/mol. The number of fused-ring (bicyclic) bond motifs is 1. The first-order chi connectivity index (χ1) is 18.0. The van der Waals surface area contributed by atoms with Crippen LogP contribution in [0, 0.1) is 5.41 Å². The molecule has 1 unspecified atom stereocenters. The van der Waals surface area contributed by atoms with Gasteiger partial charge in [0.05, 0.1) is 11.6 Å². The van der Waals surface area contributed by atoms with E-state index >= 15 is 0 Å². The normalized spacial score (nSPS) is 19.9. The van der Waals surface area contributed by atoms with Gasteiger partial charge in [-0.25, -0.2) is 0 Å². The summed E-state index contributed by atoms with van der Waals surface area (Å²) in [5.41, 5.74) is 1.02. The molecule has 1 aliphatic heterocycles. The monoisotopic (exact) mass is 542 g/mol. The fourth-order valence-corrected chi connectivity index (χ4v) is 7.36. The first-order valence-corrected chi connectivity index (χ1v) is 14.8. The predicted molar refractivity (Wildman–Crippen MR) is 143 cm³/mol. The van der Waals surface area contributed by atoms with Crippen LogP contribution in [-0.2, 0) is 31.8 Å². The van der Waals surface area contributed by atoms with Crippen LogP contribution >= 0.6 is 7.60 Å². The van der Waals surface area contributed by atoms with Crippen molar-refractivity contribution in [2.45, 2.75) is 64.0 Å². The summed E-state index contributed by atoms with van der Waals surface area (Å²) in [5, 5.41) is 9.62. The third kappa shape index (κ3) is 6.17. The molecule has 1 heterocycles. The van der Waals surface area contributed by atoms with Crippen molar-refractivity contribution in [3.63, 3.8) is 0 Å². The SMILES string of the molecule is CC(Cc1ccccc1)N(C(=O)C1(CP(=O)(O)O)CCCC1)[C@H]1CCc2ccccc2N(CC(=O)O)C1=O. The summed E-state index contributed by atoms with van der Waals surface area (Å²) in [5.74, 6) is -2.09. The molecule has 2 aliphatic rings. The van der Waals surface area contributed by atoms with Gasteiger partial charge >= 0.3 is 13.6 Å². The fraction of sp³-hybridized carbons (Fsp3) is 0.464. The molecule has 0 spiro atoms. The summed E-state index contributed by atoms with van der Waals surface area (Å²) < 4.78 is 12.2. The van der Waals surface area contributed by atoms with E-state index in [-0.39, 0.29) is 6.42 Å². The Morgan fingerprint density at radius 2 is 1.71 bits per heavy atom.